The minimum absolute atomic E-state index is 0.0324. The fourth-order valence-corrected chi connectivity index (χ4v) is 8.57. The number of non-ortho nitro benzene ring substituents is 2. The van der Waals surface area contributed by atoms with Gasteiger partial charge in [-0.1, -0.05) is 102 Å². The Bertz CT molecular complexity index is 1620. The van der Waals surface area contributed by atoms with E-state index < -0.39 is 9.85 Å². The van der Waals surface area contributed by atoms with Gasteiger partial charge in [0.15, 0.2) is 0 Å². The predicted octanol–water partition coefficient (Wildman–Crippen LogP) is 13.1. The van der Waals surface area contributed by atoms with E-state index >= 15 is 0 Å². The van der Waals surface area contributed by atoms with Gasteiger partial charge in [-0.3, -0.25) is 20.2 Å². The summed E-state index contributed by atoms with van der Waals surface area (Å²) >= 11 is 0. The van der Waals surface area contributed by atoms with Crippen LogP contribution in [0.15, 0.2) is 97.1 Å². The maximum absolute atomic E-state index is 11.1. The minimum Gasteiger partial charge on any atom is -0.457 e. The molecule has 8 heteroatoms. The lowest BCUT2D eigenvalue weighted by atomic mass is 9.62. The highest BCUT2D eigenvalue weighted by Gasteiger charge is 2.38. The largest absolute Gasteiger partial charge is 0.457 e. The summed E-state index contributed by atoms with van der Waals surface area (Å²) in [4.78, 5) is 21.3. The predicted molar refractivity (Wildman–Crippen MR) is 205 cm³/mol. The number of hydrogen-bond donors (Lipinski definition) is 0. The van der Waals surface area contributed by atoms with E-state index in [0.29, 0.717) is 23.0 Å². The first kappa shape index (κ1) is 37.1. The van der Waals surface area contributed by atoms with Gasteiger partial charge in [-0.05, 0) is 103 Å². The second-order valence-corrected chi connectivity index (χ2v) is 15.1. The van der Waals surface area contributed by atoms with Crippen molar-refractivity contribution in [3.05, 3.63) is 128 Å². The monoisotopic (exact) mass is 704 g/mol. The second kappa shape index (κ2) is 17.7. The topological polar surface area (TPSA) is 105 Å². The Morgan fingerprint density at radius 3 is 1.27 bits per heavy atom. The zero-order valence-corrected chi connectivity index (χ0v) is 30.4. The molecular weight excluding hydrogens is 652 g/mol. The molecule has 0 saturated heterocycles. The van der Waals surface area contributed by atoms with Crippen molar-refractivity contribution < 1.29 is 19.3 Å². The van der Waals surface area contributed by atoms with Crippen molar-refractivity contribution in [3.63, 3.8) is 0 Å². The molecule has 6 rings (SSSR count). The van der Waals surface area contributed by atoms with Gasteiger partial charge in [0, 0.05) is 29.7 Å². The van der Waals surface area contributed by atoms with E-state index in [-0.39, 0.29) is 16.8 Å². The summed E-state index contributed by atoms with van der Waals surface area (Å²) in [6.07, 6.45) is 19.8. The summed E-state index contributed by atoms with van der Waals surface area (Å²) in [5, 5.41) is 22.1. The summed E-state index contributed by atoms with van der Waals surface area (Å²) in [7, 11) is 0. The van der Waals surface area contributed by atoms with Crippen LogP contribution in [0.2, 0.25) is 0 Å². The average molecular weight is 705 g/mol. The molecule has 4 aromatic rings. The van der Waals surface area contributed by atoms with E-state index in [4.69, 9.17) is 9.47 Å². The minimum atomic E-state index is -0.414. The van der Waals surface area contributed by atoms with Crippen LogP contribution in [-0.2, 0) is 5.41 Å². The van der Waals surface area contributed by atoms with Crippen LogP contribution in [0.1, 0.15) is 114 Å². The summed E-state index contributed by atoms with van der Waals surface area (Å²) < 4.78 is 12.1. The van der Waals surface area contributed by atoms with Crippen LogP contribution in [0.3, 0.4) is 0 Å². The molecule has 0 aromatic heterocycles. The van der Waals surface area contributed by atoms with Crippen molar-refractivity contribution in [1.82, 2.24) is 0 Å². The van der Waals surface area contributed by atoms with Gasteiger partial charge in [-0.2, -0.15) is 0 Å². The van der Waals surface area contributed by atoms with E-state index in [1.165, 1.54) is 119 Å². The van der Waals surface area contributed by atoms with Crippen molar-refractivity contribution in [2.75, 3.05) is 0 Å². The van der Waals surface area contributed by atoms with Crippen molar-refractivity contribution in [2.45, 2.75) is 109 Å². The van der Waals surface area contributed by atoms with Crippen LogP contribution in [0.25, 0.3) is 0 Å². The van der Waals surface area contributed by atoms with E-state index in [0.717, 1.165) is 30.6 Å². The lowest BCUT2D eigenvalue weighted by Gasteiger charge is -2.42. The van der Waals surface area contributed by atoms with Crippen molar-refractivity contribution in [1.29, 1.82) is 0 Å². The van der Waals surface area contributed by atoms with E-state index in [2.05, 4.69) is 31.2 Å². The SMILES string of the molecule is CCCCCCC1CCC(CCC2CCC(c3ccc(Oc4ccc([N+](=O)[O-])cc4)cc3)(c3ccc(Oc4ccc([N+](=O)[O-])cc4)cc3)CC2)CC1. The third kappa shape index (κ3) is 9.58. The molecule has 52 heavy (non-hydrogen) atoms. The number of unbranched alkanes of at least 4 members (excludes halogenated alkanes) is 3. The lowest BCUT2D eigenvalue weighted by Crippen LogP contribution is -2.33. The summed E-state index contributed by atoms with van der Waals surface area (Å²) in [6, 6.07) is 29.0. The van der Waals surface area contributed by atoms with E-state index in [1.807, 2.05) is 24.3 Å². The molecule has 0 amide bonds. The fourth-order valence-electron chi connectivity index (χ4n) is 8.57. The lowest BCUT2D eigenvalue weighted by molar-refractivity contribution is -0.385. The van der Waals surface area contributed by atoms with Crippen LogP contribution in [0, 0.1) is 38.0 Å². The van der Waals surface area contributed by atoms with Gasteiger partial charge in [0.2, 0.25) is 0 Å². The molecule has 0 unspecified atom stereocenters. The van der Waals surface area contributed by atoms with Gasteiger partial charge < -0.3 is 9.47 Å². The second-order valence-electron chi connectivity index (χ2n) is 15.1. The van der Waals surface area contributed by atoms with Gasteiger partial charge in [-0.25, -0.2) is 0 Å². The summed E-state index contributed by atoms with van der Waals surface area (Å²) in [5.74, 6) is 5.07. The number of ether oxygens (including phenoxy) is 2. The van der Waals surface area contributed by atoms with Crippen molar-refractivity contribution in [3.8, 4) is 23.0 Å². The quantitative estimate of drug-likeness (QED) is 0.0653. The highest BCUT2D eigenvalue weighted by Crippen LogP contribution is 2.49. The molecule has 274 valence electrons. The normalized spacial score (nSPS) is 18.8. The fraction of sp³-hybridized carbons (Fsp3) is 0.455. The summed E-state index contributed by atoms with van der Waals surface area (Å²) in [5.41, 5.74) is 2.42. The summed E-state index contributed by atoms with van der Waals surface area (Å²) in [6.45, 7) is 2.29. The molecule has 2 saturated carbocycles. The Morgan fingerprint density at radius 1 is 0.519 bits per heavy atom. The number of nitro benzene ring substituents is 2. The first-order valence-electron chi connectivity index (χ1n) is 19.4. The van der Waals surface area contributed by atoms with Gasteiger partial charge >= 0.3 is 0 Å². The van der Waals surface area contributed by atoms with Gasteiger partial charge in [0.25, 0.3) is 11.4 Å². The number of rotatable bonds is 16. The smallest absolute Gasteiger partial charge is 0.269 e. The molecule has 0 atom stereocenters. The zero-order valence-electron chi connectivity index (χ0n) is 30.4. The first-order valence-corrected chi connectivity index (χ1v) is 19.4. The van der Waals surface area contributed by atoms with Crippen LogP contribution < -0.4 is 9.47 Å². The number of nitro groups is 2. The van der Waals surface area contributed by atoms with Gasteiger partial charge in [0.1, 0.15) is 23.0 Å². The molecule has 0 heterocycles. The van der Waals surface area contributed by atoms with E-state index in [9.17, 15) is 20.2 Å². The van der Waals surface area contributed by atoms with Crippen molar-refractivity contribution >= 4 is 11.4 Å². The highest BCUT2D eigenvalue weighted by molar-refractivity contribution is 5.46. The Balaban J connectivity index is 1.12. The molecule has 0 bridgehead atoms. The van der Waals surface area contributed by atoms with Crippen LogP contribution >= 0.6 is 0 Å². The Morgan fingerprint density at radius 2 is 0.885 bits per heavy atom. The van der Waals surface area contributed by atoms with Crippen molar-refractivity contribution in [2.24, 2.45) is 17.8 Å². The molecule has 0 aliphatic heterocycles. The van der Waals surface area contributed by atoms with Crippen LogP contribution in [-0.4, -0.2) is 9.85 Å². The number of hydrogen-bond acceptors (Lipinski definition) is 6. The molecule has 0 spiro atoms. The third-order valence-corrected chi connectivity index (χ3v) is 11.8. The molecule has 0 radical (unpaired) electrons. The first-order chi connectivity index (χ1) is 25.3. The molecule has 0 N–H and O–H groups in total. The van der Waals surface area contributed by atoms with Gasteiger partial charge in [0.05, 0.1) is 9.85 Å². The molecule has 4 aromatic carbocycles. The number of nitrogens with zero attached hydrogens (tertiary/aromatic N) is 2. The zero-order chi connectivity index (χ0) is 36.3. The van der Waals surface area contributed by atoms with Crippen LogP contribution in [0.4, 0.5) is 11.4 Å². The Labute approximate surface area is 307 Å². The molecular formula is C44H52N2O6. The molecule has 2 aliphatic rings. The van der Waals surface area contributed by atoms with Crippen LogP contribution in [0.5, 0.6) is 23.0 Å². The maximum Gasteiger partial charge on any atom is 0.269 e. The standard InChI is InChI=1S/C44H52N2O6/c1-2-3-4-5-6-33-7-9-34(10-8-33)11-12-35-29-31-44(32-30-35,36-13-21-40(22-14-36)51-42-25-17-38(18-26-42)45(47)48)37-15-23-41(24-16-37)52-43-27-19-39(20-28-43)46(49)50/h13-28,33-35H,2-12,29-32H2,1H3. The Hall–Kier alpha value is -4.72. The average Bonchev–Trinajstić information content (AvgIpc) is 3.17. The van der Waals surface area contributed by atoms with E-state index in [1.54, 1.807) is 24.3 Å². The molecule has 8 nitrogen and oxygen atoms in total. The third-order valence-electron chi connectivity index (χ3n) is 11.8. The van der Waals surface area contributed by atoms with Gasteiger partial charge in [-0.15, -0.1) is 0 Å². The molecule has 2 aliphatic carbocycles. The highest BCUT2D eigenvalue weighted by atomic mass is 16.6. The Kier molecular flexibility index (Phi) is 12.6. The number of benzene rings is 4. The maximum atomic E-state index is 11.1. The molecule has 2 fully saturated rings.